The molecule has 1 atom stereocenters. The topological polar surface area (TPSA) is 161 Å². The van der Waals surface area contributed by atoms with Crippen molar-refractivity contribution in [1.29, 1.82) is 0 Å². The number of rotatable bonds is 19. The second-order valence-electron chi connectivity index (χ2n) is 13.6. The Morgan fingerprint density at radius 2 is 1.68 bits per heavy atom. The van der Waals surface area contributed by atoms with E-state index in [-0.39, 0.29) is 35.2 Å². The monoisotopic (exact) mass is 706 g/mol. The summed E-state index contributed by atoms with van der Waals surface area (Å²) in [6.07, 6.45) is 5.06. The Kier molecular flexibility index (Phi) is 15.8. The Morgan fingerprint density at radius 1 is 0.960 bits per heavy atom. The molecule has 1 heterocycles. The van der Waals surface area contributed by atoms with Gasteiger partial charge < -0.3 is 37.1 Å². The standard InChI is InChI=1S/C38H55ClN8O3/c1-7-8-9-12-19-42-20-21-43-36(48)30-17-15-28(16-18-30)24-47(37(49)50-38(4,5)6)25-29(22-31-14-11-10-13-26(31)2)23-44-27(3)32-34(40)46-35(41)33(39)45-32/h10-11,13-18,29,42,44H,3,7-9,12,19-25H2,1-2,4-6H3,(H,43,48)(H4,40,41,46)/t29-/m1/s1. The van der Waals surface area contributed by atoms with Gasteiger partial charge in [-0.1, -0.05) is 80.8 Å². The minimum Gasteiger partial charge on any atom is -0.444 e. The third kappa shape index (κ3) is 13.5. The number of anilines is 2. The van der Waals surface area contributed by atoms with Crippen LogP contribution in [-0.2, 0) is 17.7 Å². The number of nitrogens with zero attached hydrogens (tertiary/aromatic N) is 3. The molecule has 50 heavy (non-hydrogen) atoms. The van der Waals surface area contributed by atoms with Crippen molar-refractivity contribution in [3.63, 3.8) is 0 Å². The number of hydrogen-bond donors (Lipinski definition) is 5. The SMILES string of the molecule is C=C(NC[C@@H](Cc1ccccc1C)CN(Cc1ccc(C(=O)NCCNCCCCCC)cc1)C(=O)OC(C)(C)C)c1nc(Cl)c(N)nc1N. The molecule has 0 aliphatic rings. The van der Waals surface area contributed by atoms with Gasteiger partial charge in [-0.3, -0.25) is 4.79 Å². The van der Waals surface area contributed by atoms with Crippen LogP contribution < -0.4 is 27.4 Å². The molecule has 0 spiro atoms. The molecule has 0 fully saturated rings. The molecule has 1 aromatic heterocycles. The van der Waals surface area contributed by atoms with Gasteiger partial charge in [0, 0.05) is 38.3 Å². The van der Waals surface area contributed by atoms with Gasteiger partial charge in [-0.2, -0.15) is 0 Å². The smallest absolute Gasteiger partial charge is 0.410 e. The summed E-state index contributed by atoms with van der Waals surface area (Å²) in [6, 6.07) is 15.5. The normalized spacial score (nSPS) is 11.9. The molecule has 0 radical (unpaired) electrons. The van der Waals surface area contributed by atoms with Crippen molar-refractivity contribution >= 4 is 40.9 Å². The molecule has 2 aromatic carbocycles. The number of nitrogens with one attached hydrogen (secondary N) is 3. The van der Waals surface area contributed by atoms with Gasteiger partial charge in [0.1, 0.15) is 11.3 Å². The molecule has 3 aromatic rings. The van der Waals surface area contributed by atoms with Crippen LogP contribution in [0.25, 0.3) is 5.70 Å². The first-order valence-corrected chi connectivity index (χ1v) is 17.8. The number of aromatic nitrogens is 2. The quantitative estimate of drug-likeness (QED) is 0.0894. The average Bonchev–Trinajstić information content (AvgIpc) is 3.06. The zero-order chi connectivity index (χ0) is 36.7. The molecule has 0 unspecified atom stereocenters. The highest BCUT2D eigenvalue weighted by atomic mass is 35.5. The highest BCUT2D eigenvalue weighted by Crippen LogP contribution is 2.23. The Balaban J connectivity index is 1.74. The fourth-order valence-electron chi connectivity index (χ4n) is 5.36. The number of hydrogen-bond acceptors (Lipinski definition) is 9. The van der Waals surface area contributed by atoms with Gasteiger partial charge in [0.05, 0.1) is 5.70 Å². The summed E-state index contributed by atoms with van der Waals surface area (Å²) < 4.78 is 5.85. The summed E-state index contributed by atoms with van der Waals surface area (Å²) in [7, 11) is 0. The van der Waals surface area contributed by atoms with Crippen molar-refractivity contribution < 1.29 is 14.3 Å². The van der Waals surface area contributed by atoms with Crippen LogP contribution in [0.15, 0.2) is 55.1 Å². The fraction of sp³-hybridized carbons (Fsp3) is 0.474. The summed E-state index contributed by atoms with van der Waals surface area (Å²) in [5.41, 5.74) is 15.6. The predicted molar refractivity (Wildman–Crippen MR) is 204 cm³/mol. The third-order valence-electron chi connectivity index (χ3n) is 8.08. The number of nitrogen functional groups attached to an aromatic ring is 2. The molecule has 0 saturated carbocycles. The van der Waals surface area contributed by atoms with E-state index in [4.69, 9.17) is 27.8 Å². The van der Waals surface area contributed by atoms with Crippen LogP contribution in [0.5, 0.6) is 0 Å². The maximum absolute atomic E-state index is 13.6. The lowest BCUT2D eigenvalue weighted by molar-refractivity contribution is 0.0203. The maximum atomic E-state index is 13.6. The van der Waals surface area contributed by atoms with E-state index in [0.29, 0.717) is 43.0 Å². The molecule has 7 N–H and O–H groups in total. The van der Waals surface area contributed by atoms with E-state index in [1.54, 1.807) is 17.0 Å². The Hall–Kier alpha value is -4.35. The first kappa shape index (κ1) is 40.1. The highest BCUT2D eigenvalue weighted by Gasteiger charge is 2.26. The van der Waals surface area contributed by atoms with E-state index < -0.39 is 11.7 Å². The van der Waals surface area contributed by atoms with Crippen LogP contribution in [-0.4, -0.2) is 65.2 Å². The highest BCUT2D eigenvalue weighted by molar-refractivity contribution is 6.31. The van der Waals surface area contributed by atoms with Gasteiger partial charge in [0.15, 0.2) is 16.8 Å². The van der Waals surface area contributed by atoms with E-state index in [9.17, 15) is 9.59 Å². The lowest BCUT2D eigenvalue weighted by Crippen LogP contribution is -2.41. The molecule has 0 aliphatic heterocycles. The Morgan fingerprint density at radius 3 is 2.36 bits per heavy atom. The lowest BCUT2D eigenvalue weighted by Gasteiger charge is -2.31. The number of halogens is 1. The second kappa shape index (κ2) is 19.7. The average molecular weight is 707 g/mol. The van der Waals surface area contributed by atoms with Gasteiger partial charge in [-0.15, -0.1) is 0 Å². The summed E-state index contributed by atoms with van der Waals surface area (Å²) in [5, 5.41) is 9.73. The van der Waals surface area contributed by atoms with E-state index in [2.05, 4.69) is 58.5 Å². The molecule has 0 saturated heterocycles. The molecular weight excluding hydrogens is 652 g/mol. The van der Waals surface area contributed by atoms with E-state index in [1.165, 1.54) is 19.3 Å². The van der Waals surface area contributed by atoms with Crippen LogP contribution in [0.2, 0.25) is 5.15 Å². The van der Waals surface area contributed by atoms with Gasteiger partial charge in [-0.05, 0) is 81.8 Å². The minimum absolute atomic E-state index is 0.0402. The predicted octanol–water partition coefficient (Wildman–Crippen LogP) is 6.36. The van der Waals surface area contributed by atoms with Gasteiger partial charge >= 0.3 is 6.09 Å². The molecular formula is C38H55ClN8O3. The van der Waals surface area contributed by atoms with Crippen LogP contribution in [0.4, 0.5) is 16.4 Å². The number of carbonyl (C=O) groups is 2. The summed E-state index contributed by atoms with van der Waals surface area (Å²) in [4.78, 5) is 36.5. The van der Waals surface area contributed by atoms with Crippen molar-refractivity contribution in [2.24, 2.45) is 5.92 Å². The molecule has 0 bridgehead atoms. The maximum Gasteiger partial charge on any atom is 0.410 e. The minimum atomic E-state index is -0.690. The zero-order valence-corrected chi connectivity index (χ0v) is 31.0. The number of unbranched alkanes of at least 4 members (excludes halogenated alkanes) is 3. The zero-order valence-electron chi connectivity index (χ0n) is 30.3. The summed E-state index contributed by atoms with van der Waals surface area (Å²) in [6.45, 7) is 17.2. The largest absolute Gasteiger partial charge is 0.444 e. The number of benzene rings is 2. The van der Waals surface area contributed by atoms with Crippen molar-refractivity contribution in [1.82, 2.24) is 30.8 Å². The van der Waals surface area contributed by atoms with Crippen molar-refractivity contribution in [2.45, 2.75) is 78.9 Å². The number of aryl methyl sites for hydroxylation is 1. The molecule has 3 rings (SSSR count). The summed E-state index contributed by atoms with van der Waals surface area (Å²) in [5.74, 6) is -0.0581. The number of ether oxygens (including phenoxy) is 1. The molecule has 12 heteroatoms. The first-order chi connectivity index (χ1) is 23.8. The van der Waals surface area contributed by atoms with Crippen LogP contribution >= 0.6 is 11.6 Å². The van der Waals surface area contributed by atoms with Gasteiger partial charge in [0.2, 0.25) is 0 Å². The van der Waals surface area contributed by atoms with E-state index in [1.807, 2.05) is 45.0 Å². The van der Waals surface area contributed by atoms with Crippen LogP contribution in [0.1, 0.15) is 86.1 Å². The van der Waals surface area contributed by atoms with Crippen LogP contribution in [0, 0.1) is 12.8 Å². The third-order valence-corrected chi connectivity index (χ3v) is 8.36. The van der Waals surface area contributed by atoms with Crippen molar-refractivity contribution in [2.75, 3.05) is 44.2 Å². The number of nitrogens with two attached hydrogens (primary N) is 2. The fourth-order valence-corrected chi connectivity index (χ4v) is 5.49. The lowest BCUT2D eigenvalue weighted by atomic mass is 9.95. The Bertz CT molecular complexity index is 1560. The van der Waals surface area contributed by atoms with Gasteiger partial charge in [-0.25, -0.2) is 14.8 Å². The van der Waals surface area contributed by atoms with Crippen molar-refractivity contribution in [3.05, 3.63) is 88.2 Å². The second-order valence-corrected chi connectivity index (χ2v) is 14.0. The Labute approximate surface area is 302 Å². The van der Waals surface area contributed by atoms with E-state index >= 15 is 0 Å². The number of carbonyl (C=O) groups excluding carboxylic acids is 2. The summed E-state index contributed by atoms with van der Waals surface area (Å²) >= 11 is 6.12. The molecule has 2 amide bonds. The van der Waals surface area contributed by atoms with E-state index in [0.717, 1.165) is 36.2 Å². The first-order valence-electron chi connectivity index (χ1n) is 17.4. The van der Waals surface area contributed by atoms with Crippen LogP contribution in [0.3, 0.4) is 0 Å². The molecule has 11 nitrogen and oxygen atoms in total. The van der Waals surface area contributed by atoms with Crippen molar-refractivity contribution in [3.8, 4) is 0 Å². The molecule has 0 aliphatic carbocycles. The van der Waals surface area contributed by atoms with Gasteiger partial charge in [0.25, 0.3) is 5.91 Å². The molecule has 272 valence electrons. The number of amides is 2.